The van der Waals surface area contributed by atoms with E-state index in [0.717, 1.165) is 25.2 Å². The Kier molecular flexibility index (Phi) is 4.62. The number of hydrogen-bond donors (Lipinski definition) is 1. The molecule has 1 saturated carbocycles. The third-order valence-electron chi connectivity index (χ3n) is 2.87. The maximum Gasteiger partial charge on any atom is 0.0469 e. The standard InChI is InChI=1S/C10H21NO/c1-3-12-8-7-9-5-4-6-10(9)11-2/h9-11H,3-8H2,1-2H3. The van der Waals surface area contributed by atoms with Gasteiger partial charge in [-0.15, -0.1) is 0 Å². The summed E-state index contributed by atoms with van der Waals surface area (Å²) < 4.78 is 5.36. The van der Waals surface area contributed by atoms with Gasteiger partial charge in [0.05, 0.1) is 0 Å². The van der Waals surface area contributed by atoms with Crippen LogP contribution < -0.4 is 5.32 Å². The summed E-state index contributed by atoms with van der Waals surface area (Å²) in [7, 11) is 2.07. The lowest BCUT2D eigenvalue weighted by molar-refractivity contribution is 0.129. The van der Waals surface area contributed by atoms with Crippen molar-refractivity contribution in [3.8, 4) is 0 Å². The van der Waals surface area contributed by atoms with Crippen LogP contribution in [0.2, 0.25) is 0 Å². The van der Waals surface area contributed by atoms with Gasteiger partial charge in [-0.05, 0) is 39.2 Å². The third-order valence-corrected chi connectivity index (χ3v) is 2.87. The minimum atomic E-state index is 0.755. The molecule has 1 N–H and O–H groups in total. The number of hydrogen-bond acceptors (Lipinski definition) is 2. The molecule has 1 aliphatic rings. The molecule has 1 fully saturated rings. The van der Waals surface area contributed by atoms with Crippen LogP contribution in [0.4, 0.5) is 0 Å². The fraction of sp³-hybridized carbons (Fsp3) is 1.00. The molecule has 1 rings (SSSR count). The highest BCUT2D eigenvalue weighted by Crippen LogP contribution is 2.27. The molecular formula is C10H21NO. The zero-order valence-corrected chi connectivity index (χ0v) is 8.31. The maximum absolute atomic E-state index is 5.36. The fourth-order valence-electron chi connectivity index (χ4n) is 2.14. The first-order chi connectivity index (χ1) is 5.88. The number of ether oxygens (including phenoxy) is 1. The molecule has 2 atom stereocenters. The lowest BCUT2D eigenvalue weighted by atomic mass is 10.0. The maximum atomic E-state index is 5.36. The predicted molar refractivity (Wildman–Crippen MR) is 51.3 cm³/mol. The molecule has 0 aliphatic heterocycles. The first kappa shape index (κ1) is 10.0. The zero-order valence-electron chi connectivity index (χ0n) is 8.31. The van der Waals surface area contributed by atoms with E-state index in [2.05, 4.69) is 19.3 Å². The predicted octanol–water partition coefficient (Wildman–Crippen LogP) is 1.80. The van der Waals surface area contributed by atoms with Crippen molar-refractivity contribution >= 4 is 0 Å². The van der Waals surface area contributed by atoms with Gasteiger partial charge in [-0.3, -0.25) is 0 Å². The van der Waals surface area contributed by atoms with Crippen LogP contribution in [0.15, 0.2) is 0 Å². The van der Waals surface area contributed by atoms with E-state index in [-0.39, 0.29) is 0 Å². The van der Waals surface area contributed by atoms with Crippen molar-refractivity contribution in [2.24, 2.45) is 5.92 Å². The number of rotatable bonds is 5. The van der Waals surface area contributed by atoms with E-state index in [9.17, 15) is 0 Å². The van der Waals surface area contributed by atoms with E-state index in [1.165, 1.54) is 25.7 Å². The molecule has 0 aromatic carbocycles. The Hall–Kier alpha value is -0.0800. The fourth-order valence-corrected chi connectivity index (χ4v) is 2.14. The average molecular weight is 171 g/mol. The van der Waals surface area contributed by atoms with Crippen LogP contribution in [0.25, 0.3) is 0 Å². The minimum absolute atomic E-state index is 0.755. The van der Waals surface area contributed by atoms with E-state index in [1.807, 2.05) is 0 Å². The van der Waals surface area contributed by atoms with Crippen LogP contribution in [-0.4, -0.2) is 26.3 Å². The second-order valence-corrected chi connectivity index (χ2v) is 3.57. The van der Waals surface area contributed by atoms with Gasteiger partial charge in [-0.25, -0.2) is 0 Å². The molecule has 0 heterocycles. The second kappa shape index (κ2) is 5.55. The van der Waals surface area contributed by atoms with Gasteiger partial charge in [0.15, 0.2) is 0 Å². The summed E-state index contributed by atoms with van der Waals surface area (Å²) in [5, 5.41) is 3.39. The Balaban J connectivity index is 2.12. The molecule has 2 heteroatoms. The lowest BCUT2D eigenvalue weighted by Gasteiger charge is -2.18. The highest BCUT2D eigenvalue weighted by atomic mass is 16.5. The molecule has 0 aromatic rings. The molecule has 12 heavy (non-hydrogen) atoms. The summed E-state index contributed by atoms with van der Waals surface area (Å²) in [5.74, 6) is 0.863. The quantitative estimate of drug-likeness (QED) is 0.637. The minimum Gasteiger partial charge on any atom is -0.382 e. The van der Waals surface area contributed by atoms with Crippen molar-refractivity contribution in [2.75, 3.05) is 20.3 Å². The molecular weight excluding hydrogens is 150 g/mol. The van der Waals surface area contributed by atoms with Crippen molar-refractivity contribution in [1.29, 1.82) is 0 Å². The van der Waals surface area contributed by atoms with Gasteiger partial charge in [-0.1, -0.05) is 6.42 Å². The molecule has 72 valence electrons. The molecule has 2 nitrogen and oxygen atoms in total. The average Bonchev–Trinajstić information content (AvgIpc) is 2.52. The van der Waals surface area contributed by atoms with Gasteiger partial charge >= 0.3 is 0 Å². The Morgan fingerprint density at radius 3 is 2.92 bits per heavy atom. The van der Waals surface area contributed by atoms with Gasteiger partial charge in [0.25, 0.3) is 0 Å². The van der Waals surface area contributed by atoms with Crippen molar-refractivity contribution in [2.45, 2.75) is 38.6 Å². The molecule has 0 amide bonds. The molecule has 0 spiro atoms. The zero-order chi connectivity index (χ0) is 8.81. The normalized spacial score (nSPS) is 29.5. The summed E-state index contributed by atoms with van der Waals surface area (Å²) in [6, 6.07) is 0.755. The second-order valence-electron chi connectivity index (χ2n) is 3.57. The molecule has 0 bridgehead atoms. The number of nitrogens with one attached hydrogen (secondary N) is 1. The van der Waals surface area contributed by atoms with Gasteiger partial charge in [-0.2, -0.15) is 0 Å². The van der Waals surface area contributed by atoms with E-state index < -0.39 is 0 Å². The summed E-state index contributed by atoms with van der Waals surface area (Å²) in [6.07, 6.45) is 5.37. The van der Waals surface area contributed by atoms with Gasteiger partial charge in [0.2, 0.25) is 0 Å². The SMILES string of the molecule is CCOCCC1CCCC1NC. The Bertz CT molecular complexity index is 116. The van der Waals surface area contributed by atoms with Crippen LogP contribution >= 0.6 is 0 Å². The summed E-state index contributed by atoms with van der Waals surface area (Å²) in [4.78, 5) is 0. The van der Waals surface area contributed by atoms with Gasteiger partial charge in [0.1, 0.15) is 0 Å². The highest BCUT2D eigenvalue weighted by molar-refractivity contribution is 4.81. The van der Waals surface area contributed by atoms with Crippen LogP contribution in [-0.2, 0) is 4.74 Å². The summed E-state index contributed by atoms with van der Waals surface area (Å²) >= 11 is 0. The summed E-state index contributed by atoms with van der Waals surface area (Å²) in [6.45, 7) is 3.86. The molecule has 2 unspecified atom stereocenters. The van der Waals surface area contributed by atoms with Crippen molar-refractivity contribution in [1.82, 2.24) is 5.32 Å². The van der Waals surface area contributed by atoms with E-state index >= 15 is 0 Å². The van der Waals surface area contributed by atoms with Crippen LogP contribution in [0.3, 0.4) is 0 Å². The molecule has 0 radical (unpaired) electrons. The van der Waals surface area contributed by atoms with Crippen LogP contribution in [0.1, 0.15) is 32.6 Å². The van der Waals surface area contributed by atoms with Gasteiger partial charge < -0.3 is 10.1 Å². The first-order valence-corrected chi connectivity index (χ1v) is 5.13. The Morgan fingerprint density at radius 2 is 2.25 bits per heavy atom. The first-order valence-electron chi connectivity index (χ1n) is 5.13. The Labute approximate surface area is 75.7 Å². The van der Waals surface area contributed by atoms with Gasteiger partial charge in [0, 0.05) is 19.3 Å². The topological polar surface area (TPSA) is 21.3 Å². The van der Waals surface area contributed by atoms with E-state index in [4.69, 9.17) is 4.74 Å². The lowest BCUT2D eigenvalue weighted by Crippen LogP contribution is -2.29. The van der Waals surface area contributed by atoms with Crippen molar-refractivity contribution in [3.63, 3.8) is 0 Å². The smallest absolute Gasteiger partial charge is 0.0469 e. The van der Waals surface area contributed by atoms with E-state index in [1.54, 1.807) is 0 Å². The Morgan fingerprint density at radius 1 is 1.42 bits per heavy atom. The van der Waals surface area contributed by atoms with Crippen molar-refractivity contribution in [3.05, 3.63) is 0 Å². The molecule has 0 aromatic heterocycles. The van der Waals surface area contributed by atoms with E-state index in [0.29, 0.717) is 0 Å². The van der Waals surface area contributed by atoms with Crippen LogP contribution in [0.5, 0.6) is 0 Å². The monoisotopic (exact) mass is 171 g/mol. The molecule has 1 aliphatic carbocycles. The summed E-state index contributed by atoms with van der Waals surface area (Å²) in [5.41, 5.74) is 0. The highest BCUT2D eigenvalue weighted by Gasteiger charge is 2.24. The third kappa shape index (κ3) is 2.76. The van der Waals surface area contributed by atoms with Crippen molar-refractivity contribution < 1.29 is 4.74 Å². The van der Waals surface area contributed by atoms with Crippen LogP contribution in [0, 0.1) is 5.92 Å². The molecule has 0 saturated heterocycles. The largest absolute Gasteiger partial charge is 0.382 e.